The van der Waals surface area contributed by atoms with Crippen LogP contribution in [0.1, 0.15) is 23.0 Å². The van der Waals surface area contributed by atoms with E-state index in [1.54, 1.807) is 36.2 Å². The number of nitrogens with one attached hydrogen (secondary N) is 1. The van der Waals surface area contributed by atoms with Gasteiger partial charge in [-0.2, -0.15) is 13.2 Å². The van der Waals surface area contributed by atoms with Crippen LogP contribution in [0.3, 0.4) is 0 Å². The van der Waals surface area contributed by atoms with Crippen LogP contribution >= 0.6 is 11.6 Å². The van der Waals surface area contributed by atoms with Gasteiger partial charge in [0.2, 0.25) is 0 Å². The maximum Gasteiger partial charge on any atom is 0.417 e. The summed E-state index contributed by atoms with van der Waals surface area (Å²) in [5.41, 5.74) is -0.0843. The van der Waals surface area contributed by atoms with Gasteiger partial charge in [0.1, 0.15) is 23.4 Å². The van der Waals surface area contributed by atoms with E-state index < -0.39 is 17.8 Å². The van der Waals surface area contributed by atoms with Crippen molar-refractivity contribution in [2.45, 2.75) is 12.2 Å². The number of pyridine rings is 1. The number of halogens is 4. The highest BCUT2D eigenvalue weighted by molar-refractivity contribution is 6.33. The highest BCUT2D eigenvalue weighted by Crippen LogP contribution is 2.34. The average molecular weight is 397 g/mol. The first kappa shape index (κ1) is 19.0. The van der Waals surface area contributed by atoms with Crippen molar-refractivity contribution in [3.63, 3.8) is 0 Å². The largest absolute Gasteiger partial charge is 0.497 e. The standard InChI is InChI=1S/C18H16ClF3N4O/c1-26-8-7-23-17(26)15(11-3-5-13(27-2)6-4-11)25-16-14(19)9-12(10-24-16)18(20,21)22/h3-10,15H,1-2H3,(H,24,25)/t15-/m1/s1. The van der Waals surface area contributed by atoms with E-state index in [2.05, 4.69) is 15.3 Å². The normalized spacial score (nSPS) is 12.7. The van der Waals surface area contributed by atoms with Crippen molar-refractivity contribution in [3.05, 3.63) is 70.9 Å². The third-order valence-electron chi connectivity index (χ3n) is 4.02. The van der Waals surface area contributed by atoms with Gasteiger partial charge in [-0.15, -0.1) is 0 Å². The molecule has 142 valence electrons. The van der Waals surface area contributed by atoms with Crippen LogP contribution in [0.25, 0.3) is 0 Å². The van der Waals surface area contributed by atoms with Crippen LogP contribution in [0.5, 0.6) is 5.75 Å². The first-order valence-electron chi connectivity index (χ1n) is 7.90. The highest BCUT2D eigenvalue weighted by Gasteiger charge is 2.32. The molecule has 0 radical (unpaired) electrons. The van der Waals surface area contributed by atoms with Crippen molar-refractivity contribution in [3.8, 4) is 5.75 Å². The number of aromatic nitrogens is 3. The van der Waals surface area contributed by atoms with Gasteiger partial charge in [-0.25, -0.2) is 9.97 Å². The molecule has 3 aromatic rings. The Hall–Kier alpha value is -2.74. The lowest BCUT2D eigenvalue weighted by atomic mass is 10.1. The molecule has 1 atom stereocenters. The van der Waals surface area contributed by atoms with Crippen LogP contribution in [-0.2, 0) is 13.2 Å². The molecule has 0 aliphatic rings. The topological polar surface area (TPSA) is 52.0 Å². The molecule has 0 aliphatic carbocycles. The molecular weight excluding hydrogens is 381 g/mol. The number of anilines is 1. The minimum atomic E-state index is -4.51. The molecule has 0 amide bonds. The van der Waals surface area contributed by atoms with Gasteiger partial charge >= 0.3 is 6.18 Å². The molecule has 3 rings (SSSR count). The van der Waals surface area contributed by atoms with Crippen molar-refractivity contribution in [1.29, 1.82) is 0 Å². The van der Waals surface area contributed by atoms with Crippen LogP contribution in [0.15, 0.2) is 48.9 Å². The van der Waals surface area contributed by atoms with E-state index in [4.69, 9.17) is 16.3 Å². The highest BCUT2D eigenvalue weighted by atomic mass is 35.5. The summed E-state index contributed by atoms with van der Waals surface area (Å²) < 4.78 is 45.5. The lowest BCUT2D eigenvalue weighted by Crippen LogP contribution is -2.18. The second-order valence-corrected chi connectivity index (χ2v) is 6.21. The van der Waals surface area contributed by atoms with Gasteiger partial charge in [0, 0.05) is 25.6 Å². The maximum absolute atomic E-state index is 12.8. The fourth-order valence-electron chi connectivity index (χ4n) is 2.58. The molecule has 1 N–H and O–H groups in total. The Morgan fingerprint density at radius 2 is 1.89 bits per heavy atom. The second-order valence-electron chi connectivity index (χ2n) is 5.80. The zero-order chi connectivity index (χ0) is 19.6. The predicted octanol–water partition coefficient (Wildman–Crippen LogP) is 4.70. The van der Waals surface area contributed by atoms with Crippen molar-refractivity contribution < 1.29 is 17.9 Å². The number of hydrogen-bond donors (Lipinski definition) is 1. The Balaban J connectivity index is 1.98. The van der Waals surface area contributed by atoms with Gasteiger partial charge in [-0.3, -0.25) is 0 Å². The monoisotopic (exact) mass is 396 g/mol. The van der Waals surface area contributed by atoms with Gasteiger partial charge in [0.15, 0.2) is 0 Å². The molecule has 2 heterocycles. The second kappa shape index (κ2) is 7.48. The Kier molecular flexibility index (Phi) is 5.27. The molecule has 9 heteroatoms. The van der Waals surface area contributed by atoms with E-state index in [-0.39, 0.29) is 10.8 Å². The van der Waals surface area contributed by atoms with Crippen LogP contribution < -0.4 is 10.1 Å². The number of ether oxygens (including phenoxy) is 1. The van der Waals surface area contributed by atoms with Crippen molar-refractivity contribution >= 4 is 17.4 Å². The van der Waals surface area contributed by atoms with E-state index in [1.807, 2.05) is 19.2 Å². The summed E-state index contributed by atoms with van der Waals surface area (Å²) in [5, 5.41) is 2.96. The first-order valence-corrected chi connectivity index (χ1v) is 8.28. The van der Waals surface area contributed by atoms with Crippen LogP contribution in [-0.4, -0.2) is 21.6 Å². The number of hydrogen-bond acceptors (Lipinski definition) is 4. The van der Waals surface area contributed by atoms with Crippen molar-refractivity contribution in [1.82, 2.24) is 14.5 Å². The van der Waals surface area contributed by atoms with E-state index in [1.165, 1.54) is 0 Å². The quantitative estimate of drug-likeness (QED) is 0.679. The first-order chi connectivity index (χ1) is 12.8. The molecule has 1 aromatic carbocycles. The number of methoxy groups -OCH3 is 1. The summed E-state index contributed by atoms with van der Waals surface area (Å²) in [6.07, 6.45) is -0.355. The Morgan fingerprint density at radius 1 is 1.19 bits per heavy atom. The molecule has 0 saturated heterocycles. The lowest BCUT2D eigenvalue weighted by Gasteiger charge is -2.21. The molecule has 0 fully saturated rings. The smallest absolute Gasteiger partial charge is 0.417 e. The molecule has 27 heavy (non-hydrogen) atoms. The molecule has 5 nitrogen and oxygen atoms in total. The summed E-state index contributed by atoms with van der Waals surface area (Å²) in [4.78, 5) is 8.19. The predicted molar refractivity (Wildman–Crippen MR) is 95.9 cm³/mol. The zero-order valence-corrected chi connectivity index (χ0v) is 15.2. The molecule has 0 saturated carbocycles. The van der Waals surface area contributed by atoms with Gasteiger partial charge in [-0.05, 0) is 23.8 Å². The average Bonchev–Trinajstić information content (AvgIpc) is 3.06. The molecule has 0 aliphatic heterocycles. The molecular formula is C18H16ClF3N4O. The summed E-state index contributed by atoms with van der Waals surface area (Å²) in [7, 11) is 3.39. The third-order valence-corrected chi connectivity index (χ3v) is 4.30. The number of benzene rings is 1. The van der Waals surface area contributed by atoms with E-state index in [0.29, 0.717) is 11.6 Å². The minimum Gasteiger partial charge on any atom is -0.497 e. The van der Waals surface area contributed by atoms with Gasteiger partial charge in [0.05, 0.1) is 17.7 Å². The number of alkyl halides is 3. The van der Waals surface area contributed by atoms with E-state index >= 15 is 0 Å². The molecule has 0 unspecified atom stereocenters. The van der Waals surface area contributed by atoms with Crippen LogP contribution in [0.2, 0.25) is 5.02 Å². The van der Waals surface area contributed by atoms with Gasteiger partial charge in [-0.1, -0.05) is 23.7 Å². The van der Waals surface area contributed by atoms with Crippen molar-refractivity contribution in [2.24, 2.45) is 7.05 Å². The summed E-state index contributed by atoms with van der Waals surface area (Å²) in [5.74, 6) is 1.47. The minimum absolute atomic E-state index is 0.127. The Labute approximate surface area is 158 Å². The van der Waals surface area contributed by atoms with E-state index in [9.17, 15) is 13.2 Å². The summed E-state index contributed by atoms with van der Waals surface area (Å²) in [6, 6.07) is 7.62. The van der Waals surface area contributed by atoms with Crippen LogP contribution in [0.4, 0.5) is 19.0 Å². The number of nitrogens with zero attached hydrogens (tertiary/aromatic N) is 3. The SMILES string of the molecule is COc1ccc([C@@H](Nc2ncc(C(F)(F)F)cc2Cl)c2nccn2C)cc1. The Bertz CT molecular complexity index is 925. The summed E-state index contributed by atoms with van der Waals surface area (Å²) in [6.45, 7) is 0. The number of imidazole rings is 1. The maximum atomic E-state index is 12.8. The fourth-order valence-corrected chi connectivity index (χ4v) is 2.81. The van der Waals surface area contributed by atoms with Crippen LogP contribution in [0, 0.1) is 0 Å². The van der Waals surface area contributed by atoms with Crippen molar-refractivity contribution in [2.75, 3.05) is 12.4 Å². The molecule has 0 bridgehead atoms. The lowest BCUT2D eigenvalue weighted by molar-refractivity contribution is -0.137. The zero-order valence-electron chi connectivity index (χ0n) is 14.5. The fraction of sp³-hybridized carbons (Fsp3) is 0.222. The van der Waals surface area contributed by atoms with E-state index in [0.717, 1.165) is 17.8 Å². The third kappa shape index (κ3) is 4.16. The van der Waals surface area contributed by atoms with Gasteiger partial charge < -0.3 is 14.6 Å². The van der Waals surface area contributed by atoms with Gasteiger partial charge in [0.25, 0.3) is 0 Å². The number of aryl methyl sites for hydroxylation is 1. The Morgan fingerprint density at radius 3 is 2.41 bits per heavy atom. The summed E-state index contributed by atoms with van der Waals surface area (Å²) >= 11 is 6.04. The molecule has 2 aromatic heterocycles. The number of rotatable bonds is 5. The molecule has 0 spiro atoms.